The number of amides is 1. The summed E-state index contributed by atoms with van der Waals surface area (Å²) in [5, 5.41) is 2.80. The van der Waals surface area contributed by atoms with Crippen LogP contribution in [0.25, 0.3) is 0 Å². The van der Waals surface area contributed by atoms with E-state index < -0.39 is 0 Å². The Balaban J connectivity index is 2.17. The van der Waals surface area contributed by atoms with Crippen LogP contribution in [0.5, 0.6) is 0 Å². The summed E-state index contributed by atoms with van der Waals surface area (Å²) in [4.78, 5) is 21.5. The van der Waals surface area contributed by atoms with Crippen molar-refractivity contribution >= 4 is 17.5 Å². The molecule has 16 heavy (non-hydrogen) atoms. The van der Waals surface area contributed by atoms with Gasteiger partial charge in [-0.2, -0.15) is 0 Å². The van der Waals surface area contributed by atoms with E-state index in [-0.39, 0.29) is 5.91 Å². The lowest BCUT2D eigenvalue weighted by Gasteiger charge is -2.19. The second-order valence-electron chi connectivity index (χ2n) is 3.53. The number of nitrogens with zero attached hydrogens (tertiary/aromatic N) is 3. The maximum Gasteiger partial charge on any atom is 0.239 e. The van der Waals surface area contributed by atoms with Crippen LogP contribution >= 0.6 is 0 Å². The molecule has 7 heteroatoms. The predicted octanol–water partition coefficient (Wildman–Crippen LogP) is -0.912. The zero-order chi connectivity index (χ0) is 11.4. The van der Waals surface area contributed by atoms with Crippen molar-refractivity contribution in [2.45, 2.75) is 6.42 Å². The first-order valence-electron chi connectivity index (χ1n) is 5.10. The summed E-state index contributed by atoms with van der Waals surface area (Å²) in [5.41, 5.74) is 2.43. The van der Waals surface area contributed by atoms with Gasteiger partial charge in [0.05, 0.1) is 18.9 Å². The number of hydrogen-bond acceptors (Lipinski definition) is 6. The van der Waals surface area contributed by atoms with Gasteiger partial charge in [0, 0.05) is 13.1 Å². The topological polar surface area (TPSA) is 96.2 Å². The summed E-state index contributed by atoms with van der Waals surface area (Å²) in [5.74, 6) is 6.41. The summed E-state index contributed by atoms with van der Waals surface area (Å²) in [6.07, 6.45) is 4.05. The molecule has 1 saturated heterocycles. The van der Waals surface area contributed by atoms with Crippen LogP contribution in [0.1, 0.15) is 6.42 Å². The van der Waals surface area contributed by atoms with E-state index in [1.165, 1.54) is 6.20 Å². The highest BCUT2D eigenvalue weighted by atomic mass is 16.2. The van der Waals surface area contributed by atoms with E-state index in [0.29, 0.717) is 24.7 Å². The molecule has 0 spiro atoms. The number of nitrogen functional groups attached to an aromatic ring is 1. The van der Waals surface area contributed by atoms with Crippen LogP contribution in [0.2, 0.25) is 0 Å². The number of rotatable bonds is 2. The molecule has 0 saturated carbocycles. The first kappa shape index (κ1) is 10.6. The molecule has 4 N–H and O–H groups in total. The number of hydrazine groups is 1. The van der Waals surface area contributed by atoms with Crippen molar-refractivity contribution in [1.29, 1.82) is 0 Å². The van der Waals surface area contributed by atoms with E-state index in [1.54, 1.807) is 6.20 Å². The largest absolute Gasteiger partial charge is 0.354 e. The van der Waals surface area contributed by atoms with Crippen molar-refractivity contribution in [3.63, 3.8) is 0 Å². The van der Waals surface area contributed by atoms with Crippen LogP contribution in [0, 0.1) is 0 Å². The van der Waals surface area contributed by atoms with E-state index in [4.69, 9.17) is 5.84 Å². The first-order valence-corrected chi connectivity index (χ1v) is 5.10. The first-order chi connectivity index (χ1) is 7.79. The Morgan fingerprint density at radius 3 is 3.19 bits per heavy atom. The van der Waals surface area contributed by atoms with Crippen LogP contribution in [0.15, 0.2) is 12.4 Å². The van der Waals surface area contributed by atoms with Gasteiger partial charge in [0.1, 0.15) is 5.82 Å². The molecule has 0 unspecified atom stereocenters. The second-order valence-corrected chi connectivity index (χ2v) is 3.53. The van der Waals surface area contributed by atoms with Crippen molar-refractivity contribution in [3.05, 3.63) is 12.4 Å². The van der Waals surface area contributed by atoms with Crippen molar-refractivity contribution < 1.29 is 4.79 Å². The van der Waals surface area contributed by atoms with Gasteiger partial charge in [0.25, 0.3) is 0 Å². The van der Waals surface area contributed by atoms with Gasteiger partial charge in [0.15, 0.2) is 5.82 Å². The number of aromatic nitrogens is 2. The molecule has 2 heterocycles. The molecule has 1 amide bonds. The Kier molecular flexibility index (Phi) is 3.16. The molecule has 0 aromatic carbocycles. The number of nitrogens with two attached hydrogens (primary N) is 1. The number of hydrogen-bond donors (Lipinski definition) is 3. The Morgan fingerprint density at radius 1 is 1.50 bits per heavy atom. The zero-order valence-corrected chi connectivity index (χ0v) is 8.81. The molecule has 7 nitrogen and oxygen atoms in total. The maximum atomic E-state index is 11.4. The summed E-state index contributed by atoms with van der Waals surface area (Å²) in [6.45, 7) is 1.79. The summed E-state index contributed by atoms with van der Waals surface area (Å²) >= 11 is 0. The fourth-order valence-corrected chi connectivity index (χ4v) is 1.58. The van der Waals surface area contributed by atoms with Gasteiger partial charge in [0.2, 0.25) is 5.91 Å². The smallest absolute Gasteiger partial charge is 0.239 e. The number of carbonyl (C=O) groups is 1. The fourth-order valence-electron chi connectivity index (χ4n) is 1.58. The molecule has 0 bridgehead atoms. The van der Waals surface area contributed by atoms with Crippen LogP contribution in [0.3, 0.4) is 0 Å². The molecule has 2 rings (SSSR count). The summed E-state index contributed by atoms with van der Waals surface area (Å²) < 4.78 is 0. The lowest BCUT2D eigenvalue weighted by Crippen LogP contribution is -2.33. The number of nitrogens with one attached hydrogen (secondary N) is 2. The monoisotopic (exact) mass is 222 g/mol. The highest BCUT2D eigenvalue weighted by molar-refractivity contribution is 5.81. The Bertz CT molecular complexity index is 382. The molecule has 1 aliphatic rings. The molecule has 1 aromatic heterocycles. The van der Waals surface area contributed by atoms with Crippen LogP contribution in [-0.2, 0) is 4.79 Å². The second kappa shape index (κ2) is 4.75. The maximum absolute atomic E-state index is 11.4. The van der Waals surface area contributed by atoms with E-state index in [9.17, 15) is 4.79 Å². The Hall–Kier alpha value is -1.89. The zero-order valence-electron chi connectivity index (χ0n) is 8.81. The molecule has 1 aliphatic heterocycles. The summed E-state index contributed by atoms with van der Waals surface area (Å²) in [7, 11) is 0. The lowest BCUT2D eigenvalue weighted by atomic mass is 10.4. The average Bonchev–Trinajstić information content (AvgIpc) is 2.54. The molecule has 0 aliphatic carbocycles. The van der Waals surface area contributed by atoms with Crippen LogP contribution in [0.4, 0.5) is 11.6 Å². The normalized spacial score (nSPS) is 16.6. The van der Waals surface area contributed by atoms with Crippen molar-refractivity contribution in [2.24, 2.45) is 5.84 Å². The van der Waals surface area contributed by atoms with Gasteiger partial charge in [-0.1, -0.05) is 0 Å². The van der Waals surface area contributed by atoms with Crippen molar-refractivity contribution in [3.8, 4) is 0 Å². The quantitative estimate of drug-likeness (QED) is 0.443. The lowest BCUT2D eigenvalue weighted by molar-refractivity contribution is -0.119. The van der Waals surface area contributed by atoms with Gasteiger partial charge >= 0.3 is 0 Å². The minimum absolute atomic E-state index is 0.00501. The third-order valence-electron chi connectivity index (χ3n) is 2.36. The fraction of sp³-hybridized carbons (Fsp3) is 0.444. The summed E-state index contributed by atoms with van der Waals surface area (Å²) in [6, 6.07) is 0. The van der Waals surface area contributed by atoms with Gasteiger partial charge in [-0.15, -0.1) is 0 Å². The van der Waals surface area contributed by atoms with Gasteiger partial charge < -0.3 is 15.6 Å². The van der Waals surface area contributed by atoms with Gasteiger partial charge in [-0.05, 0) is 6.42 Å². The van der Waals surface area contributed by atoms with Gasteiger partial charge in [-0.25, -0.2) is 10.8 Å². The molecule has 0 atom stereocenters. The predicted molar refractivity (Wildman–Crippen MR) is 59.7 cm³/mol. The molecular formula is C9H14N6O. The molecular weight excluding hydrogens is 208 g/mol. The van der Waals surface area contributed by atoms with E-state index in [0.717, 1.165) is 13.0 Å². The molecule has 86 valence electrons. The third-order valence-corrected chi connectivity index (χ3v) is 2.36. The molecule has 1 fully saturated rings. The minimum atomic E-state index is 0.00501. The highest BCUT2D eigenvalue weighted by Gasteiger charge is 2.16. The van der Waals surface area contributed by atoms with E-state index >= 15 is 0 Å². The average molecular weight is 222 g/mol. The highest BCUT2D eigenvalue weighted by Crippen LogP contribution is 2.12. The van der Waals surface area contributed by atoms with Crippen LogP contribution in [-0.4, -0.2) is 35.5 Å². The third kappa shape index (κ3) is 2.37. The van der Waals surface area contributed by atoms with E-state index in [2.05, 4.69) is 20.7 Å². The SMILES string of the molecule is NNc1cncc(N2CCCNC(=O)C2)n1. The van der Waals surface area contributed by atoms with Gasteiger partial charge in [-0.3, -0.25) is 9.78 Å². The molecule has 1 aromatic rings. The Labute approximate surface area is 93.0 Å². The number of anilines is 2. The van der Waals surface area contributed by atoms with E-state index in [1.807, 2.05) is 4.90 Å². The molecule has 0 radical (unpaired) electrons. The van der Waals surface area contributed by atoms with Crippen molar-refractivity contribution in [2.75, 3.05) is 30.0 Å². The van der Waals surface area contributed by atoms with Crippen molar-refractivity contribution in [1.82, 2.24) is 15.3 Å². The minimum Gasteiger partial charge on any atom is -0.354 e. The number of carbonyl (C=O) groups excluding carboxylic acids is 1. The van der Waals surface area contributed by atoms with Crippen LogP contribution < -0.4 is 21.5 Å². The Morgan fingerprint density at radius 2 is 2.38 bits per heavy atom. The standard InChI is InChI=1S/C9H14N6O/c10-14-7-4-11-5-8(13-7)15-3-1-2-12-9(16)6-15/h4-5H,1-3,6,10H2,(H,12,16)(H,13,14).